The second-order valence-corrected chi connectivity index (χ2v) is 2.67. The summed E-state index contributed by atoms with van der Waals surface area (Å²) in [4.78, 5) is 1.44. The van der Waals surface area contributed by atoms with E-state index in [2.05, 4.69) is 27.8 Å². The van der Waals surface area contributed by atoms with E-state index in [0.29, 0.717) is 0 Å². The monoisotopic (exact) mass is 170 g/mol. The van der Waals surface area contributed by atoms with Crippen LogP contribution in [0.2, 0.25) is 0 Å². The number of nitrogens with zero attached hydrogens (tertiary/aromatic N) is 4. The van der Waals surface area contributed by atoms with E-state index in [-0.39, 0.29) is 6.04 Å². The average Bonchev–Trinajstić information content (AvgIpc) is 2.47. The molecule has 0 amide bonds. The molecule has 1 unspecified atom stereocenters. The second kappa shape index (κ2) is 4.13. The van der Waals surface area contributed by atoms with Gasteiger partial charge in [0.2, 0.25) is 0 Å². The van der Waals surface area contributed by atoms with Gasteiger partial charge in [0.05, 0.1) is 7.05 Å². The van der Waals surface area contributed by atoms with E-state index in [9.17, 15) is 0 Å². The van der Waals surface area contributed by atoms with Gasteiger partial charge in [-0.3, -0.25) is 11.3 Å². The van der Waals surface area contributed by atoms with Gasteiger partial charge in [-0.05, 0) is 11.6 Å². The Morgan fingerprint density at radius 1 is 1.67 bits per heavy atom. The highest BCUT2D eigenvalue weighted by atomic mass is 15.6. The number of tetrazole rings is 1. The summed E-state index contributed by atoms with van der Waals surface area (Å²) in [5.41, 5.74) is 2.69. The van der Waals surface area contributed by atoms with Crippen molar-refractivity contribution in [1.82, 2.24) is 25.6 Å². The zero-order valence-corrected chi connectivity index (χ0v) is 7.36. The Labute approximate surface area is 71.1 Å². The lowest BCUT2D eigenvalue weighted by molar-refractivity contribution is 0.499. The van der Waals surface area contributed by atoms with Crippen molar-refractivity contribution >= 4 is 0 Å². The second-order valence-electron chi connectivity index (χ2n) is 2.67. The van der Waals surface area contributed by atoms with Crippen LogP contribution in [-0.4, -0.2) is 26.2 Å². The maximum atomic E-state index is 5.31. The Hall–Kier alpha value is -1.01. The van der Waals surface area contributed by atoms with Crippen molar-refractivity contribution in [3.63, 3.8) is 0 Å². The first-order valence-electron chi connectivity index (χ1n) is 3.95. The molecule has 1 aromatic heterocycles. The lowest BCUT2D eigenvalue weighted by atomic mass is 10.1. The average molecular weight is 170 g/mol. The molecule has 0 spiro atoms. The minimum atomic E-state index is 0.231. The molecule has 0 aliphatic heterocycles. The van der Waals surface area contributed by atoms with E-state index in [1.807, 2.05) is 0 Å². The zero-order valence-electron chi connectivity index (χ0n) is 7.36. The van der Waals surface area contributed by atoms with Crippen molar-refractivity contribution in [3.8, 4) is 0 Å². The summed E-state index contributed by atoms with van der Waals surface area (Å²) in [6.07, 6.45) is 1.68. The molecule has 0 aliphatic carbocycles. The molecule has 1 heterocycles. The number of nitrogens with two attached hydrogens (primary N) is 1. The van der Waals surface area contributed by atoms with Crippen LogP contribution >= 0.6 is 0 Å². The molecular formula is C6H14N6. The Balaban J connectivity index is 2.50. The molecule has 0 saturated carbocycles. The molecule has 0 bridgehead atoms. The molecule has 6 heteroatoms. The molecule has 1 aromatic rings. The summed E-state index contributed by atoms with van der Waals surface area (Å²) in [7, 11) is 1.74. The van der Waals surface area contributed by atoms with Crippen LogP contribution in [0.25, 0.3) is 0 Å². The fourth-order valence-electron chi connectivity index (χ4n) is 0.947. The molecule has 68 valence electrons. The third-order valence-corrected chi connectivity index (χ3v) is 1.71. The van der Waals surface area contributed by atoms with Crippen molar-refractivity contribution in [2.75, 3.05) is 0 Å². The summed E-state index contributed by atoms with van der Waals surface area (Å²) in [6, 6.07) is 0.231. The van der Waals surface area contributed by atoms with Crippen LogP contribution in [0.3, 0.4) is 0 Å². The van der Waals surface area contributed by atoms with Crippen molar-refractivity contribution in [1.29, 1.82) is 0 Å². The summed E-state index contributed by atoms with van der Waals surface area (Å²) < 4.78 is 0. The number of hydrogen-bond donors (Lipinski definition) is 2. The van der Waals surface area contributed by atoms with Crippen LogP contribution in [0, 0.1) is 0 Å². The van der Waals surface area contributed by atoms with E-state index < -0.39 is 0 Å². The Morgan fingerprint density at radius 3 is 2.83 bits per heavy atom. The van der Waals surface area contributed by atoms with Crippen molar-refractivity contribution < 1.29 is 0 Å². The van der Waals surface area contributed by atoms with Gasteiger partial charge in [0.1, 0.15) is 0 Å². The van der Waals surface area contributed by atoms with E-state index >= 15 is 0 Å². The van der Waals surface area contributed by atoms with Crippen molar-refractivity contribution in [2.45, 2.75) is 25.8 Å². The van der Waals surface area contributed by atoms with Crippen LogP contribution in [0.4, 0.5) is 0 Å². The molecule has 1 rings (SSSR count). The molecule has 0 radical (unpaired) electrons. The first-order valence-corrected chi connectivity index (χ1v) is 3.95. The van der Waals surface area contributed by atoms with Gasteiger partial charge >= 0.3 is 0 Å². The summed E-state index contributed by atoms with van der Waals surface area (Å²) >= 11 is 0. The number of hydrazine groups is 1. The number of hydrogen-bond acceptors (Lipinski definition) is 5. The van der Waals surface area contributed by atoms with E-state index in [1.54, 1.807) is 7.05 Å². The maximum Gasteiger partial charge on any atom is 0.176 e. The van der Waals surface area contributed by atoms with E-state index in [1.165, 1.54) is 4.80 Å². The van der Waals surface area contributed by atoms with Crippen molar-refractivity contribution in [3.05, 3.63) is 5.82 Å². The summed E-state index contributed by atoms with van der Waals surface area (Å²) in [5.74, 6) is 6.03. The fraction of sp³-hybridized carbons (Fsp3) is 0.833. The van der Waals surface area contributed by atoms with Crippen LogP contribution in [-0.2, 0) is 13.5 Å². The minimum Gasteiger partial charge on any atom is -0.271 e. The van der Waals surface area contributed by atoms with Gasteiger partial charge in [-0.25, -0.2) is 0 Å². The minimum absolute atomic E-state index is 0.231. The van der Waals surface area contributed by atoms with Gasteiger partial charge in [-0.15, -0.1) is 10.2 Å². The molecule has 0 fully saturated rings. The van der Waals surface area contributed by atoms with Crippen LogP contribution in [0.5, 0.6) is 0 Å². The molecule has 6 nitrogen and oxygen atoms in total. The SMILES string of the molecule is CCC(Cc1nnn(C)n1)NN. The highest BCUT2D eigenvalue weighted by Gasteiger charge is 2.08. The number of aryl methyl sites for hydroxylation is 1. The number of rotatable bonds is 4. The molecule has 1 atom stereocenters. The fourth-order valence-corrected chi connectivity index (χ4v) is 0.947. The van der Waals surface area contributed by atoms with Crippen molar-refractivity contribution in [2.24, 2.45) is 12.9 Å². The largest absolute Gasteiger partial charge is 0.271 e. The predicted molar refractivity (Wildman–Crippen MR) is 43.9 cm³/mol. The zero-order chi connectivity index (χ0) is 8.97. The van der Waals surface area contributed by atoms with Crippen LogP contribution in [0.1, 0.15) is 19.2 Å². The highest BCUT2D eigenvalue weighted by Crippen LogP contribution is 1.96. The normalized spacial score (nSPS) is 13.2. The lowest BCUT2D eigenvalue weighted by Gasteiger charge is -2.09. The van der Waals surface area contributed by atoms with Crippen LogP contribution < -0.4 is 11.3 Å². The topological polar surface area (TPSA) is 81.7 Å². The molecule has 0 saturated heterocycles. The molecule has 0 aromatic carbocycles. The molecule has 0 aliphatic rings. The summed E-state index contributed by atoms with van der Waals surface area (Å²) in [6.45, 7) is 2.06. The van der Waals surface area contributed by atoms with E-state index in [4.69, 9.17) is 5.84 Å². The first-order chi connectivity index (χ1) is 5.76. The third kappa shape index (κ3) is 2.24. The van der Waals surface area contributed by atoms with E-state index in [0.717, 1.165) is 18.7 Å². The standard InChI is InChI=1S/C6H14N6/c1-3-5(8-7)4-6-9-11-12(2)10-6/h5,8H,3-4,7H2,1-2H3. The Morgan fingerprint density at radius 2 is 2.42 bits per heavy atom. The van der Waals surface area contributed by atoms with Gasteiger partial charge in [0, 0.05) is 12.5 Å². The third-order valence-electron chi connectivity index (χ3n) is 1.71. The highest BCUT2D eigenvalue weighted by molar-refractivity contribution is 4.82. The maximum absolute atomic E-state index is 5.31. The van der Waals surface area contributed by atoms with Gasteiger partial charge in [0.15, 0.2) is 5.82 Å². The molecule has 3 N–H and O–H groups in total. The van der Waals surface area contributed by atoms with Gasteiger partial charge < -0.3 is 0 Å². The quantitative estimate of drug-likeness (QED) is 0.447. The molecular weight excluding hydrogens is 156 g/mol. The lowest BCUT2D eigenvalue weighted by Crippen LogP contribution is -2.36. The first kappa shape index (κ1) is 9.08. The Bertz CT molecular complexity index is 228. The number of nitrogens with one attached hydrogen (secondary N) is 1. The Kier molecular flexibility index (Phi) is 3.12. The predicted octanol–water partition coefficient (Wildman–Crippen LogP) is -1.01. The van der Waals surface area contributed by atoms with Gasteiger partial charge in [0.25, 0.3) is 0 Å². The van der Waals surface area contributed by atoms with Gasteiger partial charge in [-0.1, -0.05) is 6.92 Å². The summed E-state index contributed by atoms with van der Waals surface area (Å²) in [5, 5.41) is 11.6. The molecule has 12 heavy (non-hydrogen) atoms. The number of aromatic nitrogens is 4. The smallest absolute Gasteiger partial charge is 0.176 e. The van der Waals surface area contributed by atoms with Crippen LogP contribution in [0.15, 0.2) is 0 Å². The van der Waals surface area contributed by atoms with Gasteiger partial charge in [-0.2, -0.15) is 4.80 Å².